The van der Waals surface area contributed by atoms with Crippen LogP contribution in [0.15, 0.2) is 12.8 Å². The molecule has 0 amide bonds. The first kappa shape index (κ1) is 6.84. The van der Waals surface area contributed by atoms with Crippen LogP contribution in [0.2, 0.25) is 0 Å². The Labute approximate surface area is 46.5 Å². The molecule has 44 valence electrons. The van der Waals surface area contributed by atoms with Gasteiger partial charge in [0.1, 0.15) is 5.69 Å². The van der Waals surface area contributed by atoms with E-state index in [1.165, 1.54) is 0 Å². The maximum Gasteiger partial charge on any atom is 0.104 e. The highest BCUT2D eigenvalue weighted by Crippen LogP contribution is 1.86. The molecule has 0 aliphatic rings. The molecule has 1 aromatic rings. The molecule has 4 heteroatoms. The zero-order chi connectivity index (χ0) is 5.11. The fraction of sp³-hybridized carbons (Fsp3) is 0. The second-order valence-corrected chi connectivity index (χ2v) is 1.10. The fourth-order valence-corrected chi connectivity index (χ4v) is 0.309. The molecular weight excluding hydrogens is 106 g/mol. The van der Waals surface area contributed by atoms with Crippen molar-refractivity contribution in [1.29, 1.82) is 0 Å². The first-order valence-electron chi connectivity index (χ1n) is 1.91. The molecule has 0 bridgehead atoms. The molecular formula is C4H7N3O. The fourth-order valence-electron chi connectivity index (χ4n) is 0.309. The summed E-state index contributed by atoms with van der Waals surface area (Å²) in [5, 5.41) is 9.68. The van der Waals surface area contributed by atoms with Gasteiger partial charge < -0.3 is 5.48 Å². The predicted molar refractivity (Wildman–Crippen MR) is 30.1 cm³/mol. The lowest BCUT2D eigenvalue weighted by atomic mass is 10.5. The molecule has 0 aromatic carbocycles. The summed E-state index contributed by atoms with van der Waals surface area (Å²) >= 11 is 0. The standard InChI is InChI=1S/C4H5N3.H2O/c1-2-4-3-5-7-6-4;/h2-3H,1H2,(H,5,6,7);1H2. The molecule has 0 spiro atoms. The minimum absolute atomic E-state index is 0. The summed E-state index contributed by atoms with van der Waals surface area (Å²) in [5.74, 6) is 0. The minimum Gasteiger partial charge on any atom is -0.412 e. The van der Waals surface area contributed by atoms with Crippen LogP contribution in [-0.4, -0.2) is 20.9 Å². The summed E-state index contributed by atoms with van der Waals surface area (Å²) in [6, 6.07) is 0. The molecule has 1 rings (SSSR count). The number of hydrogen-bond donors (Lipinski definition) is 1. The van der Waals surface area contributed by atoms with Gasteiger partial charge in [0.2, 0.25) is 0 Å². The Kier molecular flexibility index (Phi) is 2.50. The number of H-pyrrole nitrogens is 1. The summed E-state index contributed by atoms with van der Waals surface area (Å²) in [5.41, 5.74) is 0.778. The molecule has 0 fully saturated rings. The lowest BCUT2D eigenvalue weighted by Crippen LogP contribution is -1.67. The van der Waals surface area contributed by atoms with E-state index in [-0.39, 0.29) is 5.48 Å². The van der Waals surface area contributed by atoms with E-state index < -0.39 is 0 Å². The second kappa shape index (κ2) is 2.92. The third-order valence-corrected chi connectivity index (χ3v) is 0.643. The third-order valence-electron chi connectivity index (χ3n) is 0.643. The normalized spacial score (nSPS) is 7.50. The maximum absolute atomic E-state index is 3.68. The van der Waals surface area contributed by atoms with Gasteiger partial charge in [-0.2, -0.15) is 15.4 Å². The van der Waals surface area contributed by atoms with Gasteiger partial charge in [-0.1, -0.05) is 6.58 Å². The van der Waals surface area contributed by atoms with Crippen molar-refractivity contribution in [3.63, 3.8) is 0 Å². The Morgan fingerprint density at radius 3 is 2.75 bits per heavy atom. The number of rotatable bonds is 1. The SMILES string of the molecule is C=Cc1cn[nH]n1.O. The van der Waals surface area contributed by atoms with E-state index in [1.807, 2.05) is 0 Å². The van der Waals surface area contributed by atoms with Gasteiger partial charge in [-0.05, 0) is 6.08 Å². The molecule has 0 saturated carbocycles. The van der Waals surface area contributed by atoms with Crippen molar-refractivity contribution in [2.75, 3.05) is 0 Å². The number of nitrogens with one attached hydrogen (secondary N) is 1. The van der Waals surface area contributed by atoms with Crippen molar-refractivity contribution in [2.45, 2.75) is 0 Å². The van der Waals surface area contributed by atoms with E-state index in [0.29, 0.717) is 0 Å². The third kappa shape index (κ3) is 1.16. The van der Waals surface area contributed by atoms with Crippen LogP contribution in [0.1, 0.15) is 5.69 Å². The summed E-state index contributed by atoms with van der Waals surface area (Å²) in [6.07, 6.45) is 3.23. The smallest absolute Gasteiger partial charge is 0.104 e. The minimum atomic E-state index is 0. The van der Waals surface area contributed by atoms with Gasteiger partial charge in [0.05, 0.1) is 6.20 Å². The van der Waals surface area contributed by atoms with Crippen LogP contribution in [0.25, 0.3) is 6.08 Å². The Hall–Kier alpha value is -1.16. The van der Waals surface area contributed by atoms with Crippen LogP contribution in [0.5, 0.6) is 0 Å². The topological polar surface area (TPSA) is 73.1 Å². The van der Waals surface area contributed by atoms with Crippen molar-refractivity contribution in [2.24, 2.45) is 0 Å². The molecule has 0 radical (unpaired) electrons. The van der Waals surface area contributed by atoms with E-state index in [1.54, 1.807) is 12.3 Å². The quantitative estimate of drug-likeness (QED) is 0.539. The predicted octanol–water partition coefficient (Wildman–Crippen LogP) is -0.377. The Balaban J connectivity index is 0.000000490. The molecule has 0 aliphatic carbocycles. The average Bonchev–Trinajstić information content (AvgIpc) is 2.14. The van der Waals surface area contributed by atoms with Crippen LogP contribution in [-0.2, 0) is 0 Å². The molecule has 0 unspecified atom stereocenters. The Morgan fingerprint density at radius 1 is 1.75 bits per heavy atom. The van der Waals surface area contributed by atoms with Gasteiger partial charge >= 0.3 is 0 Å². The highest BCUT2D eigenvalue weighted by Gasteiger charge is 1.80. The van der Waals surface area contributed by atoms with E-state index in [0.717, 1.165) is 5.69 Å². The van der Waals surface area contributed by atoms with Crippen molar-refractivity contribution >= 4 is 6.08 Å². The van der Waals surface area contributed by atoms with Gasteiger partial charge in [-0.25, -0.2) is 0 Å². The Bertz CT molecular complexity index is 146. The lowest BCUT2D eigenvalue weighted by molar-refractivity contribution is 0.824. The lowest BCUT2D eigenvalue weighted by Gasteiger charge is -1.67. The largest absolute Gasteiger partial charge is 0.412 e. The van der Waals surface area contributed by atoms with Crippen molar-refractivity contribution in [1.82, 2.24) is 15.4 Å². The monoisotopic (exact) mass is 113 g/mol. The Morgan fingerprint density at radius 2 is 2.50 bits per heavy atom. The van der Waals surface area contributed by atoms with Crippen LogP contribution < -0.4 is 0 Å². The van der Waals surface area contributed by atoms with Crippen molar-refractivity contribution in [3.05, 3.63) is 18.5 Å². The molecule has 8 heavy (non-hydrogen) atoms. The van der Waals surface area contributed by atoms with Gasteiger partial charge in [-0.3, -0.25) is 0 Å². The van der Waals surface area contributed by atoms with Gasteiger partial charge in [-0.15, -0.1) is 0 Å². The molecule has 4 nitrogen and oxygen atoms in total. The number of aromatic amines is 1. The first-order chi connectivity index (χ1) is 3.43. The van der Waals surface area contributed by atoms with Crippen LogP contribution >= 0.6 is 0 Å². The molecule has 1 aromatic heterocycles. The zero-order valence-corrected chi connectivity index (χ0v) is 4.26. The zero-order valence-electron chi connectivity index (χ0n) is 4.26. The van der Waals surface area contributed by atoms with Crippen LogP contribution in [0, 0.1) is 0 Å². The molecule has 0 aliphatic heterocycles. The van der Waals surface area contributed by atoms with Crippen LogP contribution in [0.4, 0.5) is 0 Å². The van der Waals surface area contributed by atoms with E-state index in [9.17, 15) is 0 Å². The van der Waals surface area contributed by atoms with Crippen molar-refractivity contribution in [3.8, 4) is 0 Å². The number of nitrogens with zero attached hydrogens (tertiary/aromatic N) is 2. The summed E-state index contributed by atoms with van der Waals surface area (Å²) in [6.45, 7) is 3.48. The van der Waals surface area contributed by atoms with Crippen LogP contribution in [0.3, 0.4) is 0 Å². The van der Waals surface area contributed by atoms with Crippen molar-refractivity contribution < 1.29 is 5.48 Å². The maximum atomic E-state index is 3.68. The molecule has 0 atom stereocenters. The summed E-state index contributed by atoms with van der Waals surface area (Å²) in [4.78, 5) is 0. The molecule has 3 N–H and O–H groups in total. The van der Waals surface area contributed by atoms with E-state index >= 15 is 0 Å². The highest BCUT2D eigenvalue weighted by atomic mass is 16.0. The summed E-state index contributed by atoms with van der Waals surface area (Å²) < 4.78 is 0. The number of aromatic nitrogens is 3. The first-order valence-corrected chi connectivity index (χ1v) is 1.91. The van der Waals surface area contributed by atoms with Gasteiger partial charge in [0.15, 0.2) is 0 Å². The second-order valence-electron chi connectivity index (χ2n) is 1.10. The van der Waals surface area contributed by atoms with Gasteiger partial charge in [0, 0.05) is 0 Å². The summed E-state index contributed by atoms with van der Waals surface area (Å²) in [7, 11) is 0. The highest BCUT2D eigenvalue weighted by molar-refractivity contribution is 5.37. The molecule has 1 heterocycles. The average molecular weight is 113 g/mol. The van der Waals surface area contributed by atoms with E-state index in [2.05, 4.69) is 22.0 Å². The van der Waals surface area contributed by atoms with E-state index in [4.69, 9.17) is 0 Å². The molecule has 0 saturated heterocycles. The van der Waals surface area contributed by atoms with Gasteiger partial charge in [0.25, 0.3) is 0 Å². The number of hydrogen-bond acceptors (Lipinski definition) is 2.